The topological polar surface area (TPSA) is 74.8 Å². The largest absolute Gasteiger partial charge is 0.360 e. The zero-order valence-corrected chi connectivity index (χ0v) is 12.9. The van der Waals surface area contributed by atoms with Crippen LogP contribution in [0.15, 0.2) is 34.7 Å². The number of halogens is 2. The Morgan fingerprint density at radius 1 is 1.30 bits per heavy atom. The normalized spacial score (nSPS) is 11.9. The number of H-pyrrole nitrogens is 1. The van der Waals surface area contributed by atoms with Crippen LogP contribution < -0.4 is 4.72 Å². The molecular formula is C11H7Cl2N3O2S2. The number of nitrogens with zero attached hydrogens (tertiary/aromatic N) is 1. The molecule has 2 heterocycles. The van der Waals surface area contributed by atoms with E-state index in [9.17, 15) is 8.42 Å². The molecule has 2 aromatic heterocycles. The van der Waals surface area contributed by atoms with Crippen LogP contribution in [0, 0.1) is 0 Å². The molecule has 9 heteroatoms. The maximum atomic E-state index is 12.4. The fraction of sp³-hybridized carbons (Fsp3) is 0. The van der Waals surface area contributed by atoms with Crippen LogP contribution in [0.4, 0.5) is 5.69 Å². The van der Waals surface area contributed by atoms with E-state index in [2.05, 4.69) is 14.1 Å². The van der Waals surface area contributed by atoms with E-state index in [0.29, 0.717) is 15.9 Å². The van der Waals surface area contributed by atoms with Gasteiger partial charge in [-0.05, 0) is 29.7 Å². The fourth-order valence-electron chi connectivity index (χ4n) is 1.78. The number of aromatic nitrogens is 2. The van der Waals surface area contributed by atoms with Crippen LogP contribution in [0.2, 0.25) is 10.2 Å². The van der Waals surface area contributed by atoms with E-state index in [1.807, 2.05) is 0 Å². The Bertz CT molecular complexity index is 886. The number of hydrogen-bond acceptors (Lipinski definition) is 4. The predicted molar refractivity (Wildman–Crippen MR) is 81.2 cm³/mol. The second kappa shape index (κ2) is 4.92. The summed E-state index contributed by atoms with van der Waals surface area (Å²) in [7, 11) is -3.74. The third-order valence-electron chi connectivity index (χ3n) is 2.67. The summed E-state index contributed by atoms with van der Waals surface area (Å²) >= 11 is 12.7. The average molecular weight is 348 g/mol. The first-order chi connectivity index (χ1) is 9.47. The maximum absolute atomic E-state index is 12.4. The lowest BCUT2D eigenvalue weighted by molar-refractivity contribution is 0.602. The summed E-state index contributed by atoms with van der Waals surface area (Å²) in [6.07, 6.45) is 1.41. The number of anilines is 1. The molecule has 2 N–H and O–H groups in total. The molecule has 0 radical (unpaired) electrons. The molecule has 0 bridgehead atoms. The van der Waals surface area contributed by atoms with Gasteiger partial charge in [-0.25, -0.2) is 8.42 Å². The van der Waals surface area contributed by atoms with Gasteiger partial charge in [-0.3, -0.25) is 4.72 Å². The van der Waals surface area contributed by atoms with Gasteiger partial charge in [0, 0.05) is 27.5 Å². The van der Waals surface area contributed by atoms with E-state index in [0.717, 1.165) is 11.5 Å². The van der Waals surface area contributed by atoms with Gasteiger partial charge in [0.25, 0.3) is 10.0 Å². The molecule has 0 spiro atoms. The van der Waals surface area contributed by atoms with Gasteiger partial charge in [0.2, 0.25) is 0 Å². The third-order valence-corrected chi connectivity index (χ3v) is 5.32. The van der Waals surface area contributed by atoms with E-state index in [1.165, 1.54) is 11.6 Å². The zero-order valence-electron chi connectivity index (χ0n) is 9.72. The summed E-state index contributed by atoms with van der Waals surface area (Å²) in [5, 5.41) is 2.75. The summed E-state index contributed by atoms with van der Waals surface area (Å²) in [5.74, 6) is 0. The maximum Gasteiger partial charge on any atom is 0.264 e. The van der Waals surface area contributed by atoms with Gasteiger partial charge in [0.1, 0.15) is 4.90 Å². The second-order valence-corrected chi connectivity index (χ2v) is 7.04. The van der Waals surface area contributed by atoms with Crippen molar-refractivity contribution in [1.29, 1.82) is 0 Å². The Labute approximate surface area is 128 Å². The molecular weight excluding hydrogens is 341 g/mol. The highest BCUT2D eigenvalue weighted by Crippen LogP contribution is 2.29. The predicted octanol–water partition coefficient (Wildman–Crippen LogP) is 3.73. The molecule has 104 valence electrons. The van der Waals surface area contributed by atoms with Crippen molar-refractivity contribution < 1.29 is 8.42 Å². The molecule has 3 aromatic rings. The molecule has 20 heavy (non-hydrogen) atoms. The number of hydrogen-bond donors (Lipinski definition) is 2. The molecule has 0 unspecified atom stereocenters. The molecule has 0 atom stereocenters. The minimum atomic E-state index is -3.74. The zero-order chi connectivity index (χ0) is 14.3. The molecule has 0 aliphatic rings. The number of benzene rings is 1. The monoisotopic (exact) mass is 347 g/mol. The Morgan fingerprint density at radius 2 is 2.10 bits per heavy atom. The van der Waals surface area contributed by atoms with Crippen molar-refractivity contribution in [2.45, 2.75) is 4.90 Å². The van der Waals surface area contributed by atoms with E-state index in [4.69, 9.17) is 23.2 Å². The first kappa shape index (κ1) is 13.7. The van der Waals surface area contributed by atoms with Crippen molar-refractivity contribution in [3.8, 4) is 0 Å². The molecule has 1 aromatic carbocycles. The SMILES string of the molecule is O=S(=O)(Nc1csnc1Cl)c1c[nH]c2cc(Cl)ccc12. The van der Waals surface area contributed by atoms with Crippen LogP contribution in [0.25, 0.3) is 10.9 Å². The van der Waals surface area contributed by atoms with E-state index >= 15 is 0 Å². The smallest absolute Gasteiger partial charge is 0.264 e. The average Bonchev–Trinajstić information content (AvgIpc) is 2.96. The second-order valence-electron chi connectivity index (χ2n) is 3.97. The van der Waals surface area contributed by atoms with E-state index in [-0.39, 0.29) is 15.7 Å². The highest BCUT2D eigenvalue weighted by Gasteiger charge is 2.20. The van der Waals surface area contributed by atoms with Gasteiger partial charge in [-0.2, -0.15) is 4.37 Å². The molecule has 5 nitrogen and oxygen atoms in total. The first-order valence-corrected chi connectivity index (χ1v) is 8.44. The van der Waals surface area contributed by atoms with Gasteiger partial charge in [-0.15, -0.1) is 0 Å². The lowest BCUT2D eigenvalue weighted by Crippen LogP contribution is -2.12. The molecule has 0 aliphatic carbocycles. The minimum absolute atomic E-state index is 0.126. The molecule has 0 fully saturated rings. The van der Waals surface area contributed by atoms with Gasteiger partial charge in [0.05, 0.1) is 5.69 Å². The fourth-order valence-corrected chi connectivity index (χ4v) is 4.13. The van der Waals surface area contributed by atoms with Gasteiger partial charge in [0.15, 0.2) is 5.15 Å². The van der Waals surface area contributed by atoms with Crippen LogP contribution in [-0.4, -0.2) is 17.8 Å². The lowest BCUT2D eigenvalue weighted by Gasteiger charge is -2.05. The molecule has 0 saturated carbocycles. The molecule has 3 rings (SSSR count). The van der Waals surface area contributed by atoms with Crippen molar-refractivity contribution in [3.05, 3.63) is 40.0 Å². The Morgan fingerprint density at radius 3 is 2.80 bits per heavy atom. The lowest BCUT2D eigenvalue weighted by atomic mass is 10.2. The standard InChI is InChI=1S/C11H7Cl2N3O2S2/c12-6-1-2-7-8(3-6)14-4-10(7)20(17,18)16-9-5-19-15-11(9)13/h1-5,14,16H. The number of sulfonamides is 1. The number of fused-ring (bicyclic) bond motifs is 1. The molecule has 0 aliphatic heterocycles. The van der Waals surface area contributed by atoms with Crippen LogP contribution in [0.5, 0.6) is 0 Å². The summed E-state index contributed by atoms with van der Waals surface area (Å²) in [6.45, 7) is 0. The van der Waals surface area contributed by atoms with Gasteiger partial charge >= 0.3 is 0 Å². The van der Waals surface area contributed by atoms with Gasteiger partial charge in [-0.1, -0.05) is 23.2 Å². The first-order valence-electron chi connectivity index (χ1n) is 5.37. The van der Waals surface area contributed by atoms with Crippen LogP contribution >= 0.6 is 34.7 Å². The van der Waals surface area contributed by atoms with Crippen LogP contribution in [0.1, 0.15) is 0 Å². The van der Waals surface area contributed by atoms with Crippen LogP contribution in [0.3, 0.4) is 0 Å². The molecule has 0 amide bonds. The number of aromatic amines is 1. The third kappa shape index (κ3) is 2.37. The van der Waals surface area contributed by atoms with Crippen molar-refractivity contribution in [2.75, 3.05) is 4.72 Å². The summed E-state index contributed by atoms with van der Waals surface area (Å²) in [4.78, 5) is 3.01. The highest BCUT2D eigenvalue weighted by molar-refractivity contribution is 7.93. The minimum Gasteiger partial charge on any atom is -0.360 e. The van der Waals surface area contributed by atoms with Crippen molar-refractivity contribution in [3.63, 3.8) is 0 Å². The molecule has 0 saturated heterocycles. The van der Waals surface area contributed by atoms with Crippen molar-refractivity contribution in [1.82, 2.24) is 9.36 Å². The number of rotatable bonds is 3. The quantitative estimate of drug-likeness (QED) is 0.757. The van der Waals surface area contributed by atoms with Crippen LogP contribution in [-0.2, 0) is 10.0 Å². The van der Waals surface area contributed by atoms with Crippen molar-refractivity contribution >= 4 is 61.3 Å². The van der Waals surface area contributed by atoms with Crippen molar-refractivity contribution in [2.24, 2.45) is 0 Å². The number of nitrogens with one attached hydrogen (secondary N) is 2. The van der Waals surface area contributed by atoms with E-state index < -0.39 is 10.0 Å². The highest BCUT2D eigenvalue weighted by atomic mass is 35.5. The Hall–Kier alpha value is -1.28. The summed E-state index contributed by atoms with van der Waals surface area (Å²) < 4.78 is 31.0. The summed E-state index contributed by atoms with van der Waals surface area (Å²) in [6, 6.07) is 4.95. The van der Waals surface area contributed by atoms with E-state index in [1.54, 1.807) is 18.2 Å². The summed E-state index contributed by atoms with van der Waals surface area (Å²) in [5.41, 5.74) is 0.910. The Kier molecular flexibility index (Phi) is 3.37. The Balaban J connectivity index is 2.08. The van der Waals surface area contributed by atoms with Gasteiger partial charge < -0.3 is 4.98 Å².